The fraction of sp³-hybridized carbons (Fsp3) is 0.429. The zero-order valence-electron chi connectivity index (χ0n) is 22.3. The third-order valence-electron chi connectivity index (χ3n) is 7.55. The number of fused-ring (bicyclic) bond motifs is 3. The summed E-state index contributed by atoms with van der Waals surface area (Å²) in [5.74, 6) is 1.08. The SMILES string of the molecule is COc1ccc(C(C2CCOCC2)n2c3cc(-c4c(C)nnn4C)cnc3c3onc(C(C)(C)O)c32)cc1. The normalized spacial score (nSPS) is 15.9. The van der Waals surface area contributed by atoms with E-state index in [9.17, 15) is 5.11 Å². The molecule has 1 N–H and O–H groups in total. The first-order chi connectivity index (χ1) is 18.3. The van der Waals surface area contributed by atoms with Gasteiger partial charge >= 0.3 is 0 Å². The molecule has 0 bridgehead atoms. The van der Waals surface area contributed by atoms with Gasteiger partial charge in [-0.15, -0.1) is 5.10 Å². The maximum absolute atomic E-state index is 11.1. The van der Waals surface area contributed by atoms with Gasteiger partial charge in [0.1, 0.15) is 28.1 Å². The van der Waals surface area contributed by atoms with E-state index >= 15 is 0 Å². The Morgan fingerprint density at radius 2 is 1.89 bits per heavy atom. The Hall–Kier alpha value is -3.76. The summed E-state index contributed by atoms with van der Waals surface area (Å²) in [4.78, 5) is 4.86. The van der Waals surface area contributed by atoms with E-state index in [4.69, 9.17) is 19.0 Å². The standard InChI is InChI=1S/C28H32N6O4/c1-16-23(33(4)32-30-16)19-14-21-22(29-15-19)26-25(27(31-38-26)28(2,3)35)34(21)24(18-10-12-37-13-11-18)17-6-8-20(36-5)9-7-17/h6-9,14-15,18,24,35H,10-13H2,1-5H3. The zero-order chi connectivity index (χ0) is 26.6. The highest BCUT2D eigenvalue weighted by Crippen LogP contribution is 2.43. The first-order valence-corrected chi connectivity index (χ1v) is 12.9. The molecule has 38 heavy (non-hydrogen) atoms. The fourth-order valence-electron chi connectivity index (χ4n) is 5.74. The highest BCUT2D eigenvalue weighted by Gasteiger charge is 2.36. The Morgan fingerprint density at radius 3 is 2.53 bits per heavy atom. The molecular formula is C28H32N6O4. The molecule has 1 aliphatic rings. The van der Waals surface area contributed by atoms with Crippen LogP contribution in [0.15, 0.2) is 41.1 Å². The average Bonchev–Trinajstić information content (AvgIpc) is 3.58. The van der Waals surface area contributed by atoms with Crippen LogP contribution >= 0.6 is 0 Å². The molecule has 198 valence electrons. The van der Waals surface area contributed by atoms with E-state index in [0.717, 1.165) is 52.1 Å². The molecule has 4 aromatic heterocycles. The van der Waals surface area contributed by atoms with E-state index in [1.54, 1.807) is 25.6 Å². The minimum Gasteiger partial charge on any atom is -0.497 e. The van der Waals surface area contributed by atoms with Crippen LogP contribution in [-0.4, -0.2) is 55.1 Å². The maximum Gasteiger partial charge on any atom is 0.211 e. The molecule has 1 saturated heterocycles. The molecule has 0 aliphatic carbocycles. The maximum atomic E-state index is 11.1. The lowest BCUT2D eigenvalue weighted by molar-refractivity contribution is 0.0547. The molecule has 0 saturated carbocycles. The van der Waals surface area contributed by atoms with Crippen molar-refractivity contribution in [1.82, 2.24) is 29.7 Å². The predicted octanol–water partition coefficient (Wildman–Crippen LogP) is 4.53. The number of nitrogens with zero attached hydrogens (tertiary/aromatic N) is 6. The molecule has 0 amide bonds. The largest absolute Gasteiger partial charge is 0.497 e. The van der Waals surface area contributed by atoms with Crippen molar-refractivity contribution in [1.29, 1.82) is 0 Å². The van der Waals surface area contributed by atoms with Crippen LogP contribution in [0.5, 0.6) is 5.75 Å². The molecule has 0 spiro atoms. The van der Waals surface area contributed by atoms with Crippen molar-refractivity contribution >= 4 is 22.1 Å². The van der Waals surface area contributed by atoms with Crippen LogP contribution in [0.3, 0.4) is 0 Å². The molecule has 1 aliphatic heterocycles. The summed E-state index contributed by atoms with van der Waals surface area (Å²) in [6, 6.07) is 10.2. The minimum atomic E-state index is -1.22. The number of hydrogen-bond acceptors (Lipinski definition) is 8. The molecule has 5 aromatic rings. The number of rotatable bonds is 6. The van der Waals surface area contributed by atoms with Crippen molar-refractivity contribution in [3.8, 4) is 17.0 Å². The van der Waals surface area contributed by atoms with Crippen LogP contribution < -0.4 is 4.74 Å². The molecule has 1 atom stereocenters. The zero-order valence-corrected chi connectivity index (χ0v) is 22.3. The van der Waals surface area contributed by atoms with Gasteiger partial charge in [0.2, 0.25) is 5.58 Å². The molecule has 5 heterocycles. The molecule has 6 rings (SSSR count). The predicted molar refractivity (Wildman–Crippen MR) is 142 cm³/mol. The molecule has 1 fully saturated rings. The van der Waals surface area contributed by atoms with Crippen molar-refractivity contribution in [2.24, 2.45) is 13.0 Å². The second-order valence-corrected chi connectivity index (χ2v) is 10.5. The summed E-state index contributed by atoms with van der Waals surface area (Å²) in [6.07, 6.45) is 3.62. The molecule has 10 nitrogen and oxygen atoms in total. The number of aromatic nitrogens is 6. The Kier molecular flexibility index (Phi) is 5.96. The summed E-state index contributed by atoms with van der Waals surface area (Å²) in [5, 5.41) is 23.9. The van der Waals surface area contributed by atoms with Gasteiger partial charge < -0.3 is 23.7 Å². The van der Waals surface area contributed by atoms with E-state index in [2.05, 4.69) is 38.2 Å². The highest BCUT2D eigenvalue weighted by molar-refractivity contribution is 6.04. The van der Waals surface area contributed by atoms with Crippen LogP contribution in [0.1, 0.15) is 49.7 Å². The van der Waals surface area contributed by atoms with Gasteiger partial charge in [0.15, 0.2) is 0 Å². The van der Waals surface area contributed by atoms with Gasteiger partial charge in [0, 0.05) is 32.0 Å². The smallest absolute Gasteiger partial charge is 0.211 e. The number of aryl methyl sites for hydroxylation is 2. The second kappa shape index (κ2) is 9.21. The summed E-state index contributed by atoms with van der Waals surface area (Å²) in [6.45, 7) is 6.80. The molecule has 1 aromatic carbocycles. The fourth-order valence-corrected chi connectivity index (χ4v) is 5.74. The average molecular weight is 517 g/mol. The van der Waals surface area contributed by atoms with Gasteiger partial charge in [-0.05, 0) is 63.3 Å². The number of benzene rings is 1. The Labute approximate surface area is 220 Å². The number of aliphatic hydroxyl groups is 1. The van der Waals surface area contributed by atoms with Gasteiger partial charge in [-0.2, -0.15) is 0 Å². The Bertz CT molecular complexity index is 1580. The van der Waals surface area contributed by atoms with Gasteiger partial charge in [0.25, 0.3) is 0 Å². The number of hydrogen-bond donors (Lipinski definition) is 1. The number of ether oxygens (including phenoxy) is 2. The van der Waals surface area contributed by atoms with Gasteiger partial charge in [-0.3, -0.25) is 0 Å². The van der Waals surface area contributed by atoms with Crippen molar-refractivity contribution < 1.29 is 19.1 Å². The van der Waals surface area contributed by atoms with Crippen LogP contribution in [0.25, 0.3) is 33.4 Å². The van der Waals surface area contributed by atoms with Crippen molar-refractivity contribution in [3.05, 3.63) is 53.5 Å². The van der Waals surface area contributed by atoms with E-state index in [0.29, 0.717) is 30.0 Å². The summed E-state index contributed by atoms with van der Waals surface area (Å²) in [5.41, 5.74) is 5.94. The molecular weight excluding hydrogens is 484 g/mol. The molecule has 10 heteroatoms. The minimum absolute atomic E-state index is 0.0758. The Morgan fingerprint density at radius 1 is 1.16 bits per heavy atom. The van der Waals surface area contributed by atoms with Gasteiger partial charge in [-0.1, -0.05) is 22.5 Å². The second-order valence-electron chi connectivity index (χ2n) is 10.5. The monoisotopic (exact) mass is 516 g/mol. The van der Waals surface area contributed by atoms with Crippen molar-refractivity contribution in [2.45, 2.75) is 45.3 Å². The summed E-state index contributed by atoms with van der Waals surface area (Å²) < 4.78 is 21.1. The van der Waals surface area contributed by atoms with Crippen molar-refractivity contribution in [2.75, 3.05) is 20.3 Å². The summed E-state index contributed by atoms with van der Waals surface area (Å²) >= 11 is 0. The highest BCUT2D eigenvalue weighted by atomic mass is 16.5. The van der Waals surface area contributed by atoms with E-state index in [1.807, 2.05) is 32.3 Å². The third-order valence-corrected chi connectivity index (χ3v) is 7.55. The first kappa shape index (κ1) is 24.6. The van der Waals surface area contributed by atoms with Crippen LogP contribution in [0.4, 0.5) is 0 Å². The lowest BCUT2D eigenvalue weighted by atomic mass is 9.86. The lowest BCUT2D eigenvalue weighted by Crippen LogP contribution is -2.28. The van der Waals surface area contributed by atoms with Crippen molar-refractivity contribution in [3.63, 3.8) is 0 Å². The van der Waals surface area contributed by atoms with Crippen LogP contribution in [0, 0.1) is 12.8 Å². The van der Waals surface area contributed by atoms with E-state index in [-0.39, 0.29) is 12.0 Å². The summed E-state index contributed by atoms with van der Waals surface area (Å²) in [7, 11) is 3.55. The quantitative estimate of drug-likeness (QED) is 0.350. The van der Waals surface area contributed by atoms with Gasteiger partial charge in [-0.25, -0.2) is 9.67 Å². The first-order valence-electron chi connectivity index (χ1n) is 12.9. The topological polar surface area (TPSA) is 113 Å². The number of pyridine rings is 1. The van der Waals surface area contributed by atoms with Crippen LogP contribution in [-0.2, 0) is 17.4 Å². The molecule has 0 radical (unpaired) electrons. The van der Waals surface area contributed by atoms with Gasteiger partial charge in [0.05, 0.1) is 30.1 Å². The molecule has 1 unspecified atom stereocenters. The Balaban J connectivity index is 1.68. The third kappa shape index (κ3) is 3.95. The van der Waals surface area contributed by atoms with E-state index < -0.39 is 5.60 Å². The lowest BCUT2D eigenvalue weighted by Gasteiger charge is -2.33. The van der Waals surface area contributed by atoms with E-state index in [1.165, 1.54) is 0 Å². The number of methoxy groups -OCH3 is 1. The van der Waals surface area contributed by atoms with Crippen LogP contribution in [0.2, 0.25) is 0 Å².